The SMILES string of the molecule is CCCCOc1ccc(-c2cc(C(=O)O)[nH]n2)cc1. The number of hydrogen-bond donors (Lipinski definition) is 2. The third kappa shape index (κ3) is 3.34. The molecule has 19 heavy (non-hydrogen) atoms. The van der Waals surface area contributed by atoms with Gasteiger partial charge in [0.2, 0.25) is 0 Å². The zero-order valence-corrected chi connectivity index (χ0v) is 10.7. The van der Waals surface area contributed by atoms with Crippen LogP contribution in [0, 0.1) is 0 Å². The van der Waals surface area contributed by atoms with Gasteiger partial charge < -0.3 is 9.84 Å². The molecule has 0 fully saturated rings. The molecule has 0 unspecified atom stereocenters. The molecule has 0 bridgehead atoms. The lowest BCUT2D eigenvalue weighted by Crippen LogP contribution is -1.95. The summed E-state index contributed by atoms with van der Waals surface area (Å²) in [4.78, 5) is 10.8. The number of aromatic carboxylic acids is 1. The van der Waals surface area contributed by atoms with Gasteiger partial charge in [-0.05, 0) is 36.8 Å². The molecule has 0 radical (unpaired) electrons. The van der Waals surface area contributed by atoms with Gasteiger partial charge >= 0.3 is 5.97 Å². The smallest absolute Gasteiger partial charge is 0.353 e. The van der Waals surface area contributed by atoms with E-state index in [2.05, 4.69) is 17.1 Å². The van der Waals surface area contributed by atoms with E-state index >= 15 is 0 Å². The summed E-state index contributed by atoms with van der Waals surface area (Å²) in [6.07, 6.45) is 2.13. The van der Waals surface area contributed by atoms with Gasteiger partial charge in [-0.15, -0.1) is 0 Å². The monoisotopic (exact) mass is 260 g/mol. The molecule has 2 rings (SSSR count). The number of carboxylic acid groups (broad SMARTS) is 1. The number of hydrogen-bond acceptors (Lipinski definition) is 3. The fraction of sp³-hybridized carbons (Fsp3) is 0.286. The lowest BCUT2D eigenvalue weighted by molar-refractivity contribution is 0.0690. The normalized spacial score (nSPS) is 10.4. The zero-order chi connectivity index (χ0) is 13.7. The lowest BCUT2D eigenvalue weighted by atomic mass is 10.1. The number of H-pyrrole nitrogens is 1. The lowest BCUT2D eigenvalue weighted by Gasteiger charge is -2.05. The Balaban J connectivity index is 2.06. The number of nitrogens with zero attached hydrogens (tertiary/aromatic N) is 1. The van der Waals surface area contributed by atoms with E-state index in [1.165, 1.54) is 6.07 Å². The number of aromatic amines is 1. The highest BCUT2D eigenvalue weighted by molar-refractivity contribution is 5.86. The van der Waals surface area contributed by atoms with Gasteiger partial charge in [-0.3, -0.25) is 5.10 Å². The third-order valence-corrected chi connectivity index (χ3v) is 2.72. The molecular formula is C14H16N2O3. The van der Waals surface area contributed by atoms with Crippen molar-refractivity contribution in [2.24, 2.45) is 0 Å². The molecule has 0 aliphatic rings. The van der Waals surface area contributed by atoms with Crippen LogP contribution >= 0.6 is 0 Å². The highest BCUT2D eigenvalue weighted by Gasteiger charge is 2.09. The van der Waals surface area contributed by atoms with Crippen molar-refractivity contribution < 1.29 is 14.6 Å². The third-order valence-electron chi connectivity index (χ3n) is 2.72. The second-order valence-electron chi connectivity index (χ2n) is 4.20. The Labute approximate surface area is 111 Å². The van der Waals surface area contributed by atoms with Gasteiger partial charge in [0, 0.05) is 5.56 Å². The molecule has 0 atom stereocenters. The molecule has 1 aromatic carbocycles. The van der Waals surface area contributed by atoms with E-state index in [1.54, 1.807) is 0 Å². The summed E-state index contributed by atoms with van der Waals surface area (Å²) in [6, 6.07) is 8.96. The maximum absolute atomic E-state index is 10.8. The van der Waals surface area contributed by atoms with Crippen molar-refractivity contribution in [1.82, 2.24) is 10.2 Å². The minimum Gasteiger partial charge on any atom is -0.494 e. The Hall–Kier alpha value is -2.30. The summed E-state index contributed by atoms with van der Waals surface area (Å²) in [7, 11) is 0. The summed E-state index contributed by atoms with van der Waals surface area (Å²) < 4.78 is 5.56. The van der Waals surface area contributed by atoms with Crippen LogP contribution < -0.4 is 4.74 Å². The highest BCUT2D eigenvalue weighted by Crippen LogP contribution is 2.21. The highest BCUT2D eigenvalue weighted by atomic mass is 16.5. The number of carbonyl (C=O) groups is 1. The molecule has 2 aromatic rings. The minimum atomic E-state index is -1.02. The van der Waals surface area contributed by atoms with E-state index in [0.29, 0.717) is 12.3 Å². The van der Waals surface area contributed by atoms with Crippen LogP contribution in [0.2, 0.25) is 0 Å². The molecule has 1 heterocycles. The number of nitrogens with one attached hydrogen (secondary N) is 1. The van der Waals surface area contributed by atoms with Gasteiger partial charge in [0.1, 0.15) is 11.4 Å². The molecule has 0 aliphatic carbocycles. The number of rotatable bonds is 6. The first-order valence-electron chi connectivity index (χ1n) is 6.22. The molecule has 5 heteroatoms. The predicted octanol–water partition coefficient (Wildman–Crippen LogP) is 2.95. The minimum absolute atomic E-state index is 0.0817. The Kier molecular flexibility index (Phi) is 4.18. The van der Waals surface area contributed by atoms with Crippen molar-refractivity contribution in [3.8, 4) is 17.0 Å². The second kappa shape index (κ2) is 6.04. The number of benzene rings is 1. The Morgan fingerprint density at radius 1 is 1.37 bits per heavy atom. The van der Waals surface area contributed by atoms with Crippen molar-refractivity contribution in [3.63, 3.8) is 0 Å². The summed E-state index contributed by atoms with van der Waals surface area (Å²) >= 11 is 0. The average Bonchev–Trinajstić information content (AvgIpc) is 2.90. The Bertz CT molecular complexity index is 546. The molecule has 100 valence electrons. The number of unbranched alkanes of at least 4 members (excludes halogenated alkanes) is 1. The van der Waals surface area contributed by atoms with Crippen LogP contribution in [0.3, 0.4) is 0 Å². The van der Waals surface area contributed by atoms with E-state index in [4.69, 9.17) is 9.84 Å². The molecule has 0 aliphatic heterocycles. The molecule has 0 spiro atoms. The molecule has 0 saturated heterocycles. The van der Waals surface area contributed by atoms with Crippen LogP contribution in [0.25, 0.3) is 11.3 Å². The number of carboxylic acids is 1. The van der Waals surface area contributed by atoms with Crippen LogP contribution in [0.4, 0.5) is 0 Å². The number of ether oxygens (including phenoxy) is 1. The van der Waals surface area contributed by atoms with Gasteiger partial charge in [0.25, 0.3) is 0 Å². The van der Waals surface area contributed by atoms with Crippen molar-refractivity contribution >= 4 is 5.97 Å². The van der Waals surface area contributed by atoms with Crippen LogP contribution in [0.5, 0.6) is 5.75 Å². The topological polar surface area (TPSA) is 75.2 Å². The second-order valence-corrected chi connectivity index (χ2v) is 4.20. The standard InChI is InChI=1S/C14H16N2O3/c1-2-3-8-19-11-6-4-10(5-7-11)12-9-13(14(17)18)16-15-12/h4-7,9H,2-3,8H2,1H3,(H,15,16)(H,17,18). The van der Waals surface area contributed by atoms with Crippen LogP contribution in [0.15, 0.2) is 30.3 Å². The first-order valence-corrected chi connectivity index (χ1v) is 6.22. The summed E-state index contributed by atoms with van der Waals surface area (Å²) in [5.41, 5.74) is 1.54. The van der Waals surface area contributed by atoms with Gasteiger partial charge in [-0.1, -0.05) is 13.3 Å². The first-order chi connectivity index (χ1) is 9.20. The van der Waals surface area contributed by atoms with Gasteiger partial charge in [0.15, 0.2) is 0 Å². The van der Waals surface area contributed by atoms with E-state index in [0.717, 1.165) is 24.2 Å². The molecule has 0 amide bonds. The van der Waals surface area contributed by atoms with Gasteiger partial charge in [-0.25, -0.2) is 4.79 Å². The fourth-order valence-electron chi connectivity index (χ4n) is 1.64. The van der Waals surface area contributed by atoms with Crippen molar-refractivity contribution in [2.45, 2.75) is 19.8 Å². The zero-order valence-electron chi connectivity index (χ0n) is 10.7. The summed E-state index contributed by atoms with van der Waals surface area (Å²) in [6.45, 7) is 2.82. The van der Waals surface area contributed by atoms with Crippen LogP contribution in [0.1, 0.15) is 30.3 Å². The average molecular weight is 260 g/mol. The maximum atomic E-state index is 10.8. The van der Waals surface area contributed by atoms with E-state index < -0.39 is 5.97 Å². The molecule has 1 aromatic heterocycles. The number of aromatic nitrogens is 2. The fourth-order valence-corrected chi connectivity index (χ4v) is 1.64. The van der Waals surface area contributed by atoms with E-state index in [-0.39, 0.29) is 5.69 Å². The first kappa shape index (κ1) is 13.1. The van der Waals surface area contributed by atoms with Crippen LogP contribution in [-0.4, -0.2) is 27.9 Å². The quantitative estimate of drug-likeness (QED) is 0.783. The van der Waals surface area contributed by atoms with Gasteiger partial charge in [0.05, 0.1) is 12.3 Å². The van der Waals surface area contributed by atoms with E-state index in [9.17, 15) is 4.79 Å². The largest absolute Gasteiger partial charge is 0.494 e. The van der Waals surface area contributed by atoms with Crippen LogP contribution in [-0.2, 0) is 0 Å². The van der Waals surface area contributed by atoms with E-state index in [1.807, 2.05) is 24.3 Å². The van der Waals surface area contributed by atoms with Crippen molar-refractivity contribution in [2.75, 3.05) is 6.61 Å². The van der Waals surface area contributed by atoms with Crippen molar-refractivity contribution in [1.29, 1.82) is 0 Å². The van der Waals surface area contributed by atoms with Gasteiger partial charge in [-0.2, -0.15) is 5.10 Å². The summed E-state index contributed by atoms with van der Waals surface area (Å²) in [5.74, 6) is -0.204. The summed E-state index contributed by atoms with van der Waals surface area (Å²) in [5, 5.41) is 15.3. The predicted molar refractivity (Wildman–Crippen MR) is 71.4 cm³/mol. The maximum Gasteiger partial charge on any atom is 0.353 e. The Morgan fingerprint density at radius 3 is 2.68 bits per heavy atom. The molecule has 0 saturated carbocycles. The molecule has 2 N–H and O–H groups in total. The van der Waals surface area contributed by atoms with Crippen molar-refractivity contribution in [3.05, 3.63) is 36.0 Å². The Morgan fingerprint density at radius 2 is 2.11 bits per heavy atom. The molecule has 5 nitrogen and oxygen atoms in total. The molecular weight excluding hydrogens is 244 g/mol.